The summed E-state index contributed by atoms with van der Waals surface area (Å²) in [6, 6.07) is 17.6. The highest BCUT2D eigenvalue weighted by atomic mass is 32.2. The topological polar surface area (TPSA) is 80.4 Å². The van der Waals surface area contributed by atoms with Crippen LogP contribution < -0.4 is 4.74 Å². The SMILES string of the molecule is COc1ccc(C2C3C(=O)CC(C)(C)CC3=NC3=NC(SCc4ccccc4)=NC(=O)C32)cc1. The number of amides is 1. The zero-order valence-corrected chi connectivity index (χ0v) is 20.3. The lowest BCUT2D eigenvalue weighted by Crippen LogP contribution is -2.49. The average molecular weight is 474 g/mol. The normalized spacial score (nSPS) is 25.5. The monoisotopic (exact) mass is 473 g/mol. The van der Waals surface area contributed by atoms with Gasteiger partial charge in [-0.25, -0.2) is 9.98 Å². The Morgan fingerprint density at radius 1 is 0.941 bits per heavy atom. The minimum absolute atomic E-state index is 0.135. The number of carbonyl (C=O) groups excluding carboxylic acids is 2. The molecule has 6 nitrogen and oxygen atoms in total. The Morgan fingerprint density at radius 2 is 1.68 bits per heavy atom. The molecule has 2 aromatic carbocycles. The van der Waals surface area contributed by atoms with E-state index in [9.17, 15) is 9.59 Å². The maximum absolute atomic E-state index is 13.4. The summed E-state index contributed by atoms with van der Waals surface area (Å²) in [5.41, 5.74) is 2.71. The minimum Gasteiger partial charge on any atom is -0.497 e. The van der Waals surface area contributed by atoms with Crippen molar-refractivity contribution in [3.63, 3.8) is 0 Å². The van der Waals surface area contributed by atoms with Crippen LogP contribution in [-0.2, 0) is 15.3 Å². The Hall–Kier alpha value is -3.06. The van der Waals surface area contributed by atoms with Crippen molar-refractivity contribution in [1.29, 1.82) is 0 Å². The van der Waals surface area contributed by atoms with Gasteiger partial charge in [-0.1, -0.05) is 68.1 Å². The van der Waals surface area contributed by atoms with Gasteiger partial charge in [-0.05, 0) is 35.1 Å². The number of fused-ring (bicyclic) bond motifs is 2. The number of aliphatic imine (C=N–C) groups is 3. The Morgan fingerprint density at radius 3 is 2.38 bits per heavy atom. The molecule has 5 rings (SSSR count). The molecule has 1 saturated carbocycles. The lowest BCUT2D eigenvalue weighted by Gasteiger charge is -2.43. The number of methoxy groups -OCH3 is 1. The quantitative estimate of drug-likeness (QED) is 0.620. The van der Waals surface area contributed by atoms with E-state index in [1.165, 1.54) is 11.8 Å². The first-order valence-electron chi connectivity index (χ1n) is 11.5. The van der Waals surface area contributed by atoms with Crippen LogP contribution >= 0.6 is 11.8 Å². The molecule has 3 unspecified atom stereocenters. The molecule has 0 spiro atoms. The number of hydrogen-bond donors (Lipinski definition) is 0. The maximum Gasteiger partial charge on any atom is 0.259 e. The van der Waals surface area contributed by atoms with E-state index in [1.54, 1.807) is 7.11 Å². The zero-order valence-electron chi connectivity index (χ0n) is 19.5. The largest absolute Gasteiger partial charge is 0.497 e. The van der Waals surface area contributed by atoms with Gasteiger partial charge in [0.05, 0.1) is 13.0 Å². The molecule has 174 valence electrons. The Labute approximate surface area is 203 Å². The fourth-order valence-electron chi connectivity index (χ4n) is 5.16. The molecule has 3 aliphatic rings. The van der Waals surface area contributed by atoms with Crippen LogP contribution in [0.25, 0.3) is 0 Å². The molecule has 1 aliphatic carbocycles. The van der Waals surface area contributed by atoms with E-state index in [2.05, 4.69) is 18.8 Å². The molecule has 0 N–H and O–H groups in total. The molecule has 0 aromatic heterocycles. The van der Waals surface area contributed by atoms with Crippen LogP contribution in [0.15, 0.2) is 69.6 Å². The Balaban J connectivity index is 1.53. The van der Waals surface area contributed by atoms with Gasteiger partial charge in [0.2, 0.25) is 0 Å². The summed E-state index contributed by atoms with van der Waals surface area (Å²) < 4.78 is 5.31. The summed E-state index contributed by atoms with van der Waals surface area (Å²) in [6.07, 6.45) is 1.18. The fraction of sp³-hybridized carbons (Fsp3) is 0.370. The third kappa shape index (κ3) is 4.37. The van der Waals surface area contributed by atoms with E-state index in [4.69, 9.17) is 14.7 Å². The van der Waals surface area contributed by atoms with Crippen LogP contribution in [-0.4, -0.2) is 35.5 Å². The van der Waals surface area contributed by atoms with Gasteiger partial charge in [0, 0.05) is 23.8 Å². The number of thioether (sulfide) groups is 1. The van der Waals surface area contributed by atoms with Gasteiger partial charge in [-0.15, -0.1) is 0 Å². The summed E-state index contributed by atoms with van der Waals surface area (Å²) in [7, 11) is 1.62. The highest BCUT2D eigenvalue weighted by Crippen LogP contribution is 2.47. The Bertz CT molecular complexity index is 1220. The number of amidine groups is 2. The second kappa shape index (κ2) is 8.95. The van der Waals surface area contributed by atoms with E-state index in [1.807, 2.05) is 54.6 Å². The number of carbonyl (C=O) groups is 2. The number of rotatable bonds is 4. The maximum atomic E-state index is 13.4. The number of ether oxygens (including phenoxy) is 1. The van der Waals surface area contributed by atoms with Crippen molar-refractivity contribution in [2.75, 3.05) is 7.11 Å². The van der Waals surface area contributed by atoms with E-state index in [-0.39, 0.29) is 23.0 Å². The van der Waals surface area contributed by atoms with E-state index < -0.39 is 11.8 Å². The molecule has 0 saturated heterocycles. The summed E-state index contributed by atoms with van der Waals surface area (Å²) in [6.45, 7) is 4.18. The van der Waals surface area contributed by atoms with Crippen LogP contribution in [0.1, 0.15) is 43.7 Å². The second-order valence-electron chi connectivity index (χ2n) is 9.82. The van der Waals surface area contributed by atoms with Crippen molar-refractivity contribution in [3.05, 3.63) is 65.7 Å². The smallest absolute Gasteiger partial charge is 0.259 e. The summed E-state index contributed by atoms with van der Waals surface area (Å²) in [5.74, 6) is 0.284. The lowest BCUT2D eigenvalue weighted by atomic mass is 9.61. The van der Waals surface area contributed by atoms with Crippen LogP contribution in [0.5, 0.6) is 5.75 Å². The molecule has 7 heteroatoms. The Kier molecular flexibility index (Phi) is 5.98. The number of nitrogens with zero attached hydrogens (tertiary/aromatic N) is 3. The first-order chi connectivity index (χ1) is 16.3. The van der Waals surface area contributed by atoms with Gasteiger partial charge in [-0.3, -0.25) is 9.59 Å². The van der Waals surface area contributed by atoms with Crippen LogP contribution in [0, 0.1) is 17.3 Å². The average Bonchev–Trinajstić information content (AvgIpc) is 2.81. The van der Waals surface area contributed by atoms with Crippen LogP contribution in [0.4, 0.5) is 0 Å². The van der Waals surface area contributed by atoms with E-state index in [0.717, 1.165) is 22.6 Å². The van der Waals surface area contributed by atoms with Crippen molar-refractivity contribution in [1.82, 2.24) is 0 Å². The predicted molar refractivity (Wildman–Crippen MR) is 136 cm³/mol. The van der Waals surface area contributed by atoms with Crippen LogP contribution in [0.3, 0.4) is 0 Å². The highest BCUT2D eigenvalue weighted by molar-refractivity contribution is 8.13. The van der Waals surface area contributed by atoms with Gasteiger partial charge in [0.15, 0.2) is 5.17 Å². The van der Waals surface area contributed by atoms with Crippen molar-refractivity contribution < 1.29 is 14.3 Å². The van der Waals surface area contributed by atoms with Gasteiger partial charge >= 0.3 is 0 Å². The van der Waals surface area contributed by atoms with Gasteiger partial charge in [-0.2, -0.15) is 4.99 Å². The lowest BCUT2D eigenvalue weighted by molar-refractivity contribution is -0.125. The fourth-order valence-corrected chi connectivity index (χ4v) is 5.96. The molecular formula is C27H27N3O3S. The first-order valence-corrected chi connectivity index (χ1v) is 12.5. The third-order valence-corrected chi connectivity index (χ3v) is 7.58. The van der Waals surface area contributed by atoms with Crippen molar-refractivity contribution in [2.45, 2.75) is 38.4 Å². The van der Waals surface area contributed by atoms with Crippen molar-refractivity contribution >= 4 is 40.2 Å². The highest BCUT2D eigenvalue weighted by Gasteiger charge is 2.52. The molecule has 34 heavy (non-hydrogen) atoms. The molecule has 2 heterocycles. The van der Waals surface area contributed by atoms with Crippen molar-refractivity contribution in [3.8, 4) is 5.75 Å². The molecule has 3 atom stereocenters. The molecule has 1 fully saturated rings. The molecule has 2 aliphatic heterocycles. The number of Topliss-reactive ketones (excluding diaryl/α,β-unsaturated/α-hetero) is 1. The van der Waals surface area contributed by atoms with E-state index >= 15 is 0 Å². The molecule has 2 aromatic rings. The minimum atomic E-state index is -0.659. The zero-order chi connectivity index (χ0) is 23.9. The summed E-state index contributed by atoms with van der Waals surface area (Å²) >= 11 is 1.43. The number of benzene rings is 2. The second-order valence-corrected chi connectivity index (χ2v) is 10.8. The van der Waals surface area contributed by atoms with Gasteiger partial charge < -0.3 is 4.74 Å². The number of hydrogen-bond acceptors (Lipinski definition) is 6. The summed E-state index contributed by atoms with van der Waals surface area (Å²) in [5, 5.41) is 0.429. The first kappa shape index (κ1) is 22.7. The van der Waals surface area contributed by atoms with E-state index in [0.29, 0.717) is 29.6 Å². The molecule has 1 amide bonds. The molecule has 0 radical (unpaired) electrons. The molecular weight excluding hydrogens is 446 g/mol. The summed E-state index contributed by atoms with van der Waals surface area (Å²) in [4.78, 5) is 40.6. The van der Waals surface area contributed by atoms with Crippen LogP contribution in [0.2, 0.25) is 0 Å². The third-order valence-electron chi connectivity index (χ3n) is 6.67. The van der Waals surface area contributed by atoms with Gasteiger partial charge in [0.1, 0.15) is 23.3 Å². The standard InChI is InChI=1S/C27H27N3O3S/c1-27(2)13-19-22(20(31)14-27)21(17-9-11-18(33-3)12-10-17)23-24(28-19)29-26(30-25(23)32)34-15-16-7-5-4-6-8-16/h4-12,21-23H,13-15H2,1-3H3. The number of ketones is 1. The van der Waals surface area contributed by atoms with Crippen molar-refractivity contribution in [2.24, 2.45) is 32.2 Å². The predicted octanol–water partition coefficient (Wildman–Crippen LogP) is 5.08. The van der Waals surface area contributed by atoms with Gasteiger partial charge in [0.25, 0.3) is 5.91 Å². The molecule has 0 bridgehead atoms.